The van der Waals surface area contributed by atoms with Gasteiger partial charge in [0.25, 0.3) is 5.91 Å². The van der Waals surface area contributed by atoms with Gasteiger partial charge in [0, 0.05) is 35.6 Å². The van der Waals surface area contributed by atoms with Gasteiger partial charge in [-0.3, -0.25) is 9.78 Å². The number of pyridine rings is 1. The molecule has 1 saturated carbocycles. The molecule has 0 bridgehead atoms. The Balaban J connectivity index is 1.59. The van der Waals surface area contributed by atoms with Crippen LogP contribution in [0.25, 0.3) is 0 Å². The van der Waals surface area contributed by atoms with Crippen LogP contribution < -0.4 is 0 Å². The summed E-state index contributed by atoms with van der Waals surface area (Å²) < 4.78 is 16.3. The standard InChI is InChI=1S/C24H26ClFN4OS/c1-29(15-17-8-5-6-13-27-17)23(31)22-14-28-24(30(22)18-9-3-2-4-10-18)32-16-19-20(25)11-7-12-21(19)26/h5-8,11-14,18H,2-4,9-10,15-16H2,1H3. The highest BCUT2D eigenvalue weighted by Crippen LogP contribution is 2.35. The minimum absolute atomic E-state index is 0.0931. The molecule has 1 amide bonds. The van der Waals surface area contributed by atoms with Gasteiger partial charge >= 0.3 is 0 Å². The SMILES string of the molecule is CN(Cc1ccccn1)C(=O)c1cnc(SCc2c(F)cccc2Cl)n1C1CCCCC1. The molecule has 1 fully saturated rings. The van der Waals surface area contributed by atoms with Crippen molar-refractivity contribution in [2.24, 2.45) is 0 Å². The molecule has 8 heteroatoms. The molecule has 1 aromatic carbocycles. The van der Waals surface area contributed by atoms with Crippen LogP contribution in [0.4, 0.5) is 4.39 Å². The van der Waals surface area contributed by atoms with E-state index in [-0.39, 0.29) is 17.8 Å². The Kier molecular flexibility index (Phi) is 7.48. The minimum atomic E-state index is -0.327. The lowest BCUT2D eigenvalue weighted by molar-refractivity contribution is 0.0767. The number of thioether (sulfide) groups is 1. The van der Waals surface area contributed by atoms with Gasteiger partial charge in [0.1, 0.15) is 11.5 Å². The van der Waals surface area contributed by atoms with E-state index in [1.807, 2.05) is 18.2 Å². The molecular weight excluding hydrogens is 447 g/mol. The fourth-order valence-electron chi connectivity index (χ4n) is 4.11. The first-order valence-corrected chi connectivity index (χ1v) is 12.2. The molecule has 3 aromatic rings. The van der Waals surface area contributed by atoms with Crippen LogP contribution >= 0.6 is 23.4 Å². The molecule has 2 aromatic heterocycles. The van der Waals surface area contributed by atoms with E-state index in [9.17, 15) is 9.18 Å². The molecule has 168 valence electrons. The largest absolute Gasteiger partial charge is 0.334 e. The number of hydrogen-bond donors (Lipinski definition) is 0. The number of amides is 1. The van der Waals surface area contributed by atoms with E-state index in [0.717, 1.165) is 36.5 Å². The summed E-state index contributed by atoms with van der Waals surface area (Å²) in [5, 5.41) is 1.13. The summed E-state index contributed by atoms with van der Waals surface area (Å²) in [6.07, 6.45) is 8.86. The maximum atomic E-state index is 14.3. The monoisotopic (exact) mass is 472 g/mol. The molecule has 1 aliphatic rings. The van der Waals surface area contributed by atoms with Gasteiger partial charge in [0.15, 0.2) is 5.16 Å². The second-order valence-corrected chi connectivity index (χ2v) is 9.41. The second kappa shape index (κ2) is 10.5. The van der Waals surface area contributed by atoms with Gasteiger partial charge in [-0.2, -0.15) is 0 Å². The first kappa shape index (κ1) is 22.8. The van der Waals surface area contributed by atoms with E-state index in [1.54, 1.807) is 36.5 Å². The fraction of sp³-hybridized carbons (Fsp3) is 0.375. The maximum absolute atomic E-state index is 14.3. The Bertz CT molecular complexity index is 1050. The van der Waals surface area contributed by atoms with Gasteiger partial charge in [-0.15, -0.1) is 0 Å². The van der Waals surface area contributed by atoms with E-state index >= 15 is 0 Å². The quantitative estimate of drug-likeness (QED) is 0.387. The molecule has 0 saturated heterocycles. The predicted octanol–water partition coefficient (Wildman–Crippen LogP) is 6.14. The number of nitrogens with zero attached hydrogens (tertiary/aromatic N) is 4. The number of imidazole rings is 1. The van der Waals surface area contributed by atoms with Crippen molar-refractivity contribution in [1.29, 1.82) is 0 Å². The third kappa shape index (κ3) is 5.15. The van der Waals surface area contributed by atoms with Gasteiger partial charge in [-0.1, -0.05) is 54.8 Å². The van der Waals surface area contributed by atoms with E-state index in [1.165, 1.54) is 24.2 Å². The van der Waals surface area contributed by atoms with E-state index in [2.05, 4.69) is 14.5 Å². The summed E-state index contributed by atoms with van der Waals surface area (Å²) >= 11 is 7.63. The van der Waals surface area contributed by atoms with Crippen molar-refractivity contribution in [2.45, 2.75) is 55.6 Å². The van der Waals surface area contributed by atoms with Gasteiger partial charge < -0.3 is 9.47 Å². The van der Waals surface area contributed by atoms with Crippen LogP contribution in [-0.2, 0) is 12.3 Å². The summed E-state index contributed by atoms with van der Waals surface area (Å²) in [5.74, 6) is -0.0659. The van der Waals surface area contributed by atoms with Crippen molar-refractivity contribution in [3.05, 3.63) is 76.6 Å². The molecular formula is C24H26ClFN4OS. The normalized spacial score (nSPS) is 14.5. The molecule has 2 heterocycles. The fourth-order valence-corrected chi connectivity index (χ4v) is 5.50. The van der Waals surface area contributed by atoms with Crippen molar-refractivity contribution in [3.63, 3.8) is 0 Å². The van der Waals surface area contributed by atoms with Crippen molar-refractivity contribution in [3.8, 4) is 0 Å². The third-order valence-corrected chi connectivity index (χ3v) is 7.15. The van der Waals surface area contributed by atoms with Crippen molar-refractivity contribution < 1.29 is 9.18 Å². The number of hydrogen-bond acceptors (Lipinski definition) is 4. The summed E-state index contributed by atoms with van der Waals surface area (Å²) in [6, 6.07) is 10.6. The number of carbonyl (C=O) groups excluding carboxylic acids is 1. The second-order valence-electron chi connectivity index (χ2n) is 8.06. The van der Waals surface area contributed by atoms with E-state index in [0.29, 0.717) is 28.6 Å². The van der Waals surface area contributed by atoms with Crippen LogP contribution in [-0.4, -0.2) is 32.4 Å². The average Bonchev–Trinajstić information content (AvgIpc) is 3.23. The molecule has 0 N–H and O–H groups in total. The van der Waals surface area contributed by atoms with Crippen molar-refractivity contribution >= 4 is 29.3 Å². The van der Waals surface area contributed by atoms with Gasteiger partial charge in [-0.05, 0) is 37.1 Å². The average molecular weight is 473 g/mol. The summed E-state index contributed by atoms with van der Waals surface area (Å²) in [7, 11) is 1.78. The smallest absolute Gasteiger partial charge is 0.272 e. The Labute approximate surface area is 197 Å². The van der Waals surface area contributed by atoms with Crippen molar-refractivity contribution in [1.82, 2.24) is 19.4 Å². The van der Waals surface area contributed by atoms with Gasteiger partial charge in [0.05, 0.1) is 18.4 Å². The minimum Gasteiger partial charge on any atom is -0.334 e. The first-order chi connectivity index (χ1) is 15.5. The van der Waals surface area contributed by atoms with Crippen LogP contribution in [0.2, 0.25) is 5.02 Å². The van der Waals surface area contributed by atoms with E-state index < -0.39 is 0 Å². The van der Waals surface area contributed by atoms with Crippen LogP contribution in [0.15, 0.2) is 53.9 Å². The van der Waals surface area contributed by atoms with Crippen LogP contribution in [0.5, 0.6) is 0 Å². The van der Waals surface area contributed by atoms with Gasteiger partial charge in [-0.25, -0.2) is 9.37 Å². The number of benzene rings is 1. The zero-order chi connectivity index (χ0) is 22.5. The van der Waals surface area contributed by atoms with E-state index in [4.69, 9.17) is 11.6 Å². The molecule has 0 unspecified atom stereocenters. The molecule has 1 aliphatic carbocycles. The first-order valence-electron chi connectivity index (χ1n) is 10.8. The third-order valence-electron chi connectivity index (χ3n) is 5.80. The predicted molar refractivity (Wildman–Crippen MR) is 125 cm³/mol. The summed E-state index contributed by atoms with van der Waals surface area (Å²) in [6.45, 7) is 0.419. The zero-order valence-corrected chi connectivity index (χ0v) is 19.6. The summed E-state index contributed by atoms with van der Waals surface area (Å²) in [4.78, 5) is 23.9. The van der Waals surface area contributed by atoms with Gasteiger partial charge in [0.2, 0.25) is 0 Å². The molecule has 0 spiro atoms. The Morgan fingerprint density at radius 3 is 2.72 bits per heavy atom. The highest BCUT2D eigenvalue weighted by Gasteiger charge is 2.27. The topological polar surface area (TPSA) is 51.0 Å². The Morgan fingerprint density at radius 1 is 1.19 bits per heavy atom. The van der Waals surface area contributed by atoms with Crippen LogP contribution in [0, 0.1) is 5.82 Å². The lowest BCUT2D eigenvalue weighted by Crippen LogP contribution is -2.30. The lowest BCUT2D eigenvalue weighted by Gasteiger charge is -2.27. The molecule has 4 rings (SSSR count). The van der Waals surface area contributed by atoms with Crippen LogP contribution in [0.1, 0.15) is 59.9 Å². The Hall–Kier alpha value is -2.38. The molecule has 0 aliphatic heterocycles. The lowest BCUT2D eigenvalue weighted by atomic mass is 9.95. The number of aromatic nitrogens is 3. The maximum Gasteiger partial charge on any atom is 0.272 e. The molecule has 32 heavy (non-hydrogen) atoms. The van der Waals surface area contributed by atoms with Crippen molar-refractivity contribution in [2.75, 3.05) is 7.05 Å². The highest BCUT2D eigenvalue weighted by molar-refractivity contribution is 7.98. The molecule has 5 nitrogen and oxygen atoms in total. The zero-order valence-electron chi connectivity index (χ0n) is 18.0. The summed E-state index contributed by atoms with van der Waals surface area (Å²) in [5.41, 5.74) is 1.85. The number of carbonyl (C=O) groups is 1. The molecule has 0 atom stereocenters. The molecule has 0 radical (unpaired) electrons. The van der Waals surface area contributed by atoms with Crippen LogP contribution in [0.3, 0.4) is 0 Å². The number of halogens is 2. The number of rotatable bonds is 7. The Morgan fingerprint density at radius 2 is 2.00 bits per heavy atom. The highest BCUT2D eigenvalue weighted by atomic mass is 35.5.